The Hall–Kier alpha value is -3.36. The number of hydrogen-bond acceptors (Lipinski definition) is 5. The van der Waals surface area contributed by atoms with Crippen LogP contribution in [0.15, 0.2) is 77.7 Å². The van der Waals surface area contributed by atoms with Crippen LogP contribution in [0, 0.1) is 6.92 Å². The second-order valence-electron chi connectivity index (χ2n) is 7.85. The van der Waals surface area contributed by atoms with Crippen molar-refractivity contribution in [2.45, 2.75) is 25.3 Å². The van der Waals surface area contributed by atoms with E-state index in [0.29, 0.717) is 22.9 Å². The van der Waals surface area contributed by atoms with Crippen LogP contribution in [0.2, 0.25) is 0 Å². The van der Waals surface area contributed by atoms with Crippen LogP contribution >= 0.6 is 11.3 Å². The average molecular weight is 495 g/mol. The molecule has 0 saturated heterocycles. The predicted octanol–water partition coefficient (Wildman–Crippen LogP) is 5.36. The van der Waals surface area contributed by atoms with E-state index in [4.69, 9.17) is 4.74 Å². The molecule has 0 atom stereocenters. The van der Waals surface area contributed by atoms with E-state index >= 15 is 0 Å². The van der Waals surface area contributed by atoms with Crippen LogP contribution in [0.3, 0.4) is 0 Å². The zero-order chi connectivity index (χ0) is 24.3. The molecule has 1 heterocycles. The van der Waals surface area contributed by atoms with Crippen molar-refractivity contribution in [1.29, 1.82) is 0 Å². The molecule has 6 nitrogen and oxygen atoms in total. The zero-order valence-corrected chi connectivity index (χ0v) is 20.9. The van der Waals surface area contributed by atoms with Crippen molar-refractivity contribution in [2.24, 2.45) is 0 Å². The van der Waals surface area contributed by atoms with Gasteiger partial charge in [-0.2, -0.15) is 0 Å². The molecule has 0 radical (unpaired) electrons. The molecule has 8 heteroatoms. The van der Waals surface area contributed by atoms with E-state index in [1.807, 2.05) is 49.4 Å². The van der Waals surface area contributed by atoms with Gasteiger partial charge in [0, 0.05) is 17.8 Å². The second-order valence-corrected chi connectivity index (χ2v) is 10.8. The van der Waals surface area contributed by atoms with Gasteiger partial charge in [-0.1, -0.05) is 29.8 Å². The molecule has 176 valence electrons. The number of amides is 1. The van der Waals surface area contributed by atoms with Gasteiger partial charge >= 0.3 is 0 Å². The fraction of sp³-hybridized carbons (Fsp3) is 0.192. The molecule has 1 amide bonds. The summed E-state index contributed by atoms with van der Waals surface area (Å²) in [6, 6.07) is 21.6. The minimum Gasteiger partial charge on any atom is -0.497 e. The summed E-state index contributed by atoms with van der Waals surface area (Å²) in [5.74, 6) is 0.442. The van der Waals surface area contributed by atoms with Gasteiger partial charge in [-0.3, -0.25) is 9.10 Å². The summed E-state index contributed by atoms with van der Waals surface area (Å²) >= 11 is 1.39. The number of ether oxygens (including phenoxy) is 1. The number of carbonyl (C=O) groups excluding carboxylic acids is 1. The Morgan fingerprint density at radius 2 is 1.79 bits per heavy atom. The van der Waals surface area contributed by atoms with Crippen LogP contribution in [0.1, 0.15) is 27.7 Å². The van der Waals surface area contributed by atoms with Crippen molar-refractivity contribution in [1.82, 2.24) is 5.32 Å². The highest BCUT2D eigenvalue weighted by atomic mass is 32.2. The van der Waals surface area contributed by atoms with E-state index in [2.05, 4.69) is 5.32 Å². The Morgan fingerprint density at radius 1 is 1.03 bits per heavy atom. The second kappa shape index (κ2) is 9.87. The third kappa shape index (κ3) is 4.93. The molecule has 34 heavy (non-hydrogen) atoms. The van der Waals surface area contributed by atoms with Gasteiger partial charge < -0.3 is 10.1 Å². The number of nitrogens with one attached hydrogen (secondary N) is 1. The molecule has 0 bridgehead atoms. The van der Waals surface area contributed by atoms with Crippen molar-refractivity contribution >= 4 is 43.0 Å². The highest BCUT2D eigenvalue weighted by Gasteiger charge is 2.24. The first-order chi connectivity index (χ1) is 16.3. The van der Waals surface area contributed by atoms with Crippen LogP contribution in [0.25, 0.3) is 10.1 Å². The van der Waals surface area contributed by atoms with Crippen molar-refractivity contribution < 1.29 is 17.9 Å². The normalized spacial score (nSPS) is 11.4. The lowest BCUT2D eigenvalue weighted by Gasteiger charge is -2.23. The maximum absolute atomic E-state index is 13.3. The first-order valence-electron chi connectivity index (χ1n) is 10.9. The van der Waals surface area contributed by atoms with E-state index in [9.17, 15) is 13.2 Å². The quantitative estimate of drug-likeness (QED) is 0.358. The Balaban J connectivity index is 1.57. The first kappa shape index (κ1) is 23.8. The summed E-state index contributed by atoms with van der Waals surface area (Å²) in [5, 5.41) is 3.79. The highest BCUT2D eigenvalue weighted by molar-refractivity contribution is 7.92. The SMILES string of the molecule is CCN(c1ccc2sc(C(=O)NCc3cccc(C)c3)cc2c1)S(=O)(=O)c1ccc(OC)cc1. The fourth-order valence-electron chi connectivity index (χ4n) is 3.76. The number of anilines is 1. The lowest BCUT2D eigenvalue weighted by Crippen LogP contribution is -2.30. The summed E-state index contributed by atoms with van der Waals surface area (Å²) in [4.78, 5) is 13.5. The van der Waals surface area contributed by atoms with Gasteiger partial charge in [0.2, 0.25) is 0 Å². The van der Waals surface area contributed by atoms with Gasteiger partial charge in [0.15, 0.2) is 0 Å². The summed E-state index contributed by atoms with van der Waals surface area (Å²) in [7, 11) is -2.21. The standard InChI is InChI=1S/C26H26N2O4S2/c1-4-28(34(30,31)23-11-9-22(32-3)10-12-23)21-8-13-24-20(15-21)16-25(33-24)26(29)27-17-19-7-5-6-18(2)14-19/h5-16H,4,17H2,1-3H3,(H,27,29). The Morgan fingerprint density at radius 3 is 2.47 bits per heavy atom. The number of benzene rings is 3. The molecule has 0 aliphatic rings. The van der Waals surface area contributed by atoms with Crippen LogP contribution in [0.5, 0.6) is 5.75 Å². The monoisotopic (exact) mass is 494 g/mol. The van der Waals surface area contributed by atoms with Gasteiger partial charge in [-0.05, 0) is 73.3 Å². The maximum Gasteiger partial charge on any atom is 0.264 e. The van der Waals surface area contributed by atoms with E-state index in [-0.39, 0.29) is 17.3 Å². The number of carbonyl (C=O) groups is 1. The Labute approximate surface area is 203 Å². The maximum atomic E-state index is 13.3. The van der Waals surface area contributed by atoms with E-state index in [1.54, 1.807) is 25.1 Å². The molecule has 3 aromatic carbocycles. The fourth-order valence-corrected chi connectivity index (χ4v) is 6.18. The van der Waals surface area contributed by atoms with Crippen LogP contribution in [0.4, 0.5) is 5.69 Å². The Bertz CT molecular complexity index is 1430. The lowest BCUT2D eigenvalue weighted by atomic mass is 10.1. The lowest BCUT2D eigenvalue weighted by molar-refractivity contribution is 0.0955. The number of hydrogen-bond donors (Lipinski definition) is 1. The van der Waals surface area contributed by atoms with E-state index in [0.717, 1.165) is 21.2 Å². The van der Waals surface area contributed by atoms with Crippen molar-refractivity contribution in [3.05, 3.63) is 88.8 Å². The molecule has 0 unspecified atom stereocenters. The third-order valence-electron chi connectivity index (χ3n) is 5.48. The van der Waals surface area contributed by atoms with Crippen LogP contribution in [-0.4, -0.2) is 28.0 Å². The zero-order valence-electron chi connectivity index (χ0n) is 19.2. The first-order valence-corrected chi connectivity index (χ1v) is 13.1. The molecule has 0 spiro atoms. The third-order valence-corrected chi connectivity index (χ3v) is 8.51. The summed E-state index contributed by atoms with van der Waals surface area (Å²) < 4.78 is 34.0. The van der Waals surface area contributed by atoms with Gasteiger partial charge in [-0.15, -0.1) is 11.3 Å². The van der Waals surface area contributed by atoms with Crippen LogP contribution in [-0.2, 0) is 16.6 Å². The van der Waals surface area contributed by atoms with Gasteiger partial charge in [0.25, 0.3) is 15.9 Å². The molecule has 1 aromatic heterocycles. The minimum atomic E-state index is -3.75. The minimum absolute atomic E-state index is 0.151. The van der Waals surface area contributed by atoms with Crippen LogP contribution < -0.4 is 14.4 Å². The number of fused-ring (bicyclic) bond motifs is 1. The van der Waals surface area contributed by atoms with Gasteiger partial charge in [0.05, 0.1) is 22.6 Å². The summed E-state index contributed by atoms with van der Waals surface area (Å²) in [5.41, 5.74) is 2.74. The van der Waals surface area contributed by atoms with Crippen molar-refractivity contribution in [2.75, 3.05) is 18.0 Å². The smallest absolute Gasteiger partial charge is 0.264 e. The largest absolute Gasteiger partial charge is 0.497 e. The highest BCUT2D eigenvalue weighted by Crippen LogP contribution is 2.32. The Kier molecular flexibility index (Phi) is 6.90. The van der Waals surface area contributed by atoms with Crippen molar-refractivity contribution in [3.8, 4) is 5.75 Å². The molecule has 0 fully saturated rings. The molecule has 4 rings (SSSR count). The van der Waals surface area contributed by atoms with E-state index in [1.165, 1.54) is 34.9 Å². The molecule has 4 aromatic rings. The predicted molar refractivity (Wildman–Crippen MR) is 137 cm³/mol. The molecule has 0 aliphatic heterocycles. The van der Waals surface area contributed by atoms with Crippen molar-refractivity contribution in [3.63, 3.8) is 0 Å². The van der Waals surface area contributed by atoms with Gasteiger partial charge in [-0.25, -0.2) is 8.42 Å². The number of sulfonamides is 1. The number of rotatable bonds is 8. The summed E-state index contributed by atoms with van der Waals surface area (Å²) in [6.07, 6.45) is 0. The summed E-state index contributed by atoms with van der Waals surface area (Å²) in [6.45, 7) is 4.53. The number of thiophene rings is 1. The molecule has 0 saturated carbocycles. The molecule has 0 aliphatic carbocycles. The van der Waals surface area contributed by atoms with Gasteiger partial charge in [0.1, 0.15) is 5.75 Å². The number of nitrogens with zero attached hydrogens (tertiary/aromatic N) is 1. The molecular weight excluding hydrogens is 468 g/mol. The topological polar surface area (TPSA) is 75.7 Å². The molecule has 1 N–H and O–H groups in total. The van der Waals surface area contributed by atoms with E-state index < -0.39 is 10.0 Å². The number of aryl methyl sites for hydroxylation is 1. The molecular formula is C26H26N2O4S2. The number of methoxy groups -OCH3 is 1. The average Bonchev–Trinajstić information content (AvgIpc) is 3.26.